The Hall–Kier alpha value is -1.68. The molecule has 0 saturated carbocycles. The number of thiazole rings is 1. The second-order valence-electron chi connectivity index (χ2n) is 7.95. The zero-order valence-electron chi connectivity index (χ0n) is 18.9. The summed E-state index contributed by atoms with van der Waals surface area (Å²) in [6.07, 6.45) is 6.12. The van der Waals surface area contributed by atoms with Crippen LogP contribution in [-0.4, -0.2) is 28.2 Å². The molecule has 0 atom stereocenters. The third kappa shape index (κ3) is 5.39. The smallest absolute Gasteiger partial charge is 0.329 e. The van der Waals surface area contributed by atoms with E-state index in [2.05, 4.69) is 15.0 Å². The number of urea groups is 1. The standard InChI is InChI=1S/C20H26N4O3S2.C2H6/c1-20(2,26)18-22-15(10-27-3)17(28-18)29-24-19(25)23-16-11-6-4-8-13(11)21-14-9-5-7-12(14)16;1-2/h26H,4-10H2,1-3H3,(H2,21,23,24,25);1-2H3. The predicted octanol–water partition coefficient (Wildman–Crippen LogP) is 4.74. The molecule has 3 N–H and O–H groups in total. The number of methoxy groups -OCH3 is 1. The van der Waals surface area contributed by atoms with Gasteiger partial charge >= 0.3 is 6.03 Å². The Morgan fingerprint density at radius 2 is 1.74 bits per heavy atom. The average Bonchev–Trinajstić information content (AvgIpc) is 3.47. The molecule has 0 spiro atoms. The molecule has 0 fully saturated rings. The van der Waals surface area contributed by atoms with Gasteiger partial charge < -0.3 is 15.2 Å². The quantitative estimate of drug-likeness (QED) is 0.534. The lowest BCUT2D eigenvalue weighted by molar-refractivity contribution is 0.0776. The van der Waals surface area contributed by atoms with Crippen molar-refractivity contribution in [2.45, 2.75) is 82.6 Å². The van der Waals surface area contributed by atoms with Crippen LogP contribution in [0.3, 0.4) is 0 Å². The van der Waals surface area contributed by atoms with Gasteiger partial charge in [-0.15, -0.1) is 11.3 Å². The Morgan fingerprint density at radius 3 is 2.29 bits per heavy atom. The van der Waals surface area contributed by atoms with Crippen LogP contribution >= 0.6 is 23.3 Å². The van der Waals surface area contributed by atoms with Crippen LogP contribution in [0.15, 0.2) is 4.21 Å². The highest BCUT2D eigenvalue weighted by atomic mass is 32.2. The van der Waals surface area contributed by atoms with E-state index < -0.39 is 5.60 Å². The van der Waals surface area contributed by atoms with Gasteiger partial charge in [0.1, 0.15) is 14.8 Å². The molecule has 0 unspecified atom stereocenters. The van der Waals surface area contributed by atoms with Crippen LogP contribution in [0.5, 0.6) is 0 Å². The summed E-state index contributed by atoms with van der Waals surface area (Å²) >= 11 is 2.57. The highest BCUT2D eigenvalue weighted by Gasteiger charge is 2.27. The van der Waals surface area contributed by atoms with Crippen molar-refractivity contribution >= 4 is 35.0 Å². The molecule has 0 aliphatic heterocycles. The van der Waals surface area contributed by atoms with Crippen molar-refractivity contribution in [1.82, 2.24) is 14.7 Å². The maximum Gasteiger partial charge on any atom is 0.329 e. The second kappa shape index (κ2) is 10.3. The molecule has 2 aliphatic carbocycles. The number of aryl methyl sites for hydroxylation is 2. The van der Waals surface area contributed by atoms with Gasteiger partial charge in [0.25, 0.3) is 0 Å². The van der Waals surface area contributed by atoms with Gasteiger partial charge in [-0.1, -0.05) is 13.8 Å². The molecule has 0 bridgehead atoms. The van der Waals surface area contributed by atoms with Crippen molar-refractivity contribution in [1.29, 1.82) is 0 Å². The number of aliphatic hydroxyl groups is 1. The summed E-state index contributed by atoms with van der Waals surface area (Å²) in [7, 11) is 1.60. The number of hydrogen-bond donors (Lipinski definition) is 3. The number of anilines is 1. The van der Waals surface area contributed by atoms with E-state index in [4.69, 9.17) is 9.72 Å². The third-order valence-corrected chi connectivity index (χ3v) is 7.61. The molecule has 0 saturated heterocycles. The largest absolute Gasteiger partial charge is 0.383 e. The Kier molecular flexibility index (Phi) is 7.96. The minimum absolute atomic E-state index is 0.258. The van der Waals surface area contributed by atoms with Crippen LogP contribution in [0.4, 0.5) is 10.5 Å². The van der Waals surface area contributed by atoms with E-state index in [1.807, 2.05) is 13.8 Å². The fraction of sp³-hybridized carbons (Fsp3) is 0.591. The molecule has 2 aromatic heterocycles. The first-order valence-corrected chi connectivity index (χ1v) is 12.5. The second-order valence-corrected chi connectivity index (χ2v) is 10.0. The van der Waals surface area contributed by atoms with Crippen LogP contribution in [0, 0.1) is 0 Å². The van der Waals surface area contributed by atoms with Crippen LogP contribution in [-0.2, 0) is 42.6 Å². The molecule has 0 radical (unpaired) electrons. The monoisotopic (exact) mass is 464 g/mol. The average molecular weight is 465 g/mol. The summed E-state index contributed by atoms with van der Waals surface area (Å²) < 4.78 is 8.89. The Morgan fingerprint density at radius 1 is 1.13 bits per heavy atom. The van der Waals surface area contributed by atoms with Gasteiger partial charge in [-0.05, 0) is 63.5 Å². The van der Waals surface area contributed by atoms with Gasteiger partial charge in [0.2, 0.25) is 0 Å². The van der Waals surface area contributed by atoms with Crippen molar-refractivity contribution < 1.29 is 14.6 Å². The summed E-state index contributed by atoms with van der Waals surface area (Å²) in [4.78, 5) is 22.0. The number of rotatable bonds is 6. The minimum atomic E-state index is -1.04. The first-order valence-electron chi connectivity index (χ1n) is 10.9. The normalized spacial score (nSPS) is 14.5. The number of hydrogen-bond acceptors (Lipinski definition) is 7. The molecular formula is C22H32N4O3S2. The van der Waals surface area contributed by atoms with E-state index in [1.165, 1.54) is 34.4 Å². The van der Waals surface area contributed by atoms with Crippen molar-refractivity contribution in [2.24, 2.45) is 0 Å². The van der Waals surface area contributed by atoms with Crippen molar-refractivity contribution in [3.8, 4) is 0 Å². The van der Waals surface area contributed by atoms with Gasteiger partial charge in [0.15, 0.2) is 0 Å². The van der Waals surface area contributed by atoms with Gasteiger partial charge in [0, 0.05) is 30.4 Å². The first-order chi connectivity index (χ1) is 14.9. The van der Waals surface area contributed by atoms with Gasteiger partial charge in [-0.2, -0.15) is 0 Å². The molecule has 4 rings (SSSR count). The summed E-state index contributed by atoms with van der Waals surface area (Å²) in [6.45, 7) is 7.72. The molecule has 2 aromatic rings. The minimum Gasteiger partial charge on any atom is -0.383 e. The highest BCUT2D eigenvalue weighted by Crippen LogP contribution is 2.37. The SMILES string of the molecule is CC.COCc1nc(C(C)(C)O)sc1SNC(=O)Nc1c2c(nc3c1CCC3)CCC2. The zero-order valence-corrected chi connectivity index (χ0v) is 20.6. The molecular weight excluding hydrogens is 432 g/mol. The summed E-state index contributed by atoms with van der Waals surface area (Å²) in [6, 6.07) is -0.258. The topological polar surface area (TPSA) is 96.4 Å². The molecule has 2 aliphatic rings. The molecule has 31 heavy (non-hydrogen) atoms. The number of nitrogens with zero attached hydrogens (tertiary/aromatic N) is 2. The lowest BCUT2D eigenvalue weighted by Crippen LogP contribution is -2.24. The Labute approximate surface area is 192 Å². The van der Waals surface area contributed by atoms with Crippen LogP contribution in [0.1, 0.15) is 73.8 Å². The fourth-order valence-corrected chi connectivity index (χ4v) is 5.67. The lowest BCUT2D eigenvalue weighted by atomic mass is 10.1. The fourth-order valence-electron chi connectivity index (χ4n) is 3.88. The number of carbonyl (C=O) groups excluding carboxylic acids is 1. The number of pyridine rings is 1. The summed E-state index contributed by atoms with van der Waals surface area (Å²) in [5.74, 6) is 0. The van der Waals surface area contributed by atoms with Gasteiger partial charge in [-0.3, -0.25) is 9.71 Å². The summed E-state index contributed by atoms with van der Waals surface area (Å²) in [5, 5.41) is 13.9. The molecule has 0 aromatic carbocycles. The number of amides is 2. The lowest BCUT2D eigenvalue weighted by Gasteiger charge is -2.15. The van der Waals surface area contributed by atoms with Crippen molar-refractivity contribution in [3.63, 3.8) is 0 Å². The first kappa shape index (κ1) is 24.0. The number of carbonyl (C=O) groups is 1. The highest BCUT2D eigenvalue weighted by molar-refractivity contribution is 7.99. The molecule has 2 amide bonds. The molecule has 170 valence electrons. The van der Waals surface area contributed by atoms with E-state index >= 15 is 0 Å². The van der Waals surface area contributed by atoms with E-state index in [9.17, 15) is 9.90 Å². The van der Waals surface area contributed by atoms with Crippen molar-refractivity contribution in [3.05, 3.63) is 33.2 Å². The maximum absolute atomic E-state index is 12.7. The van der Waals surface area contributed by atoms with Gasteiger partial charge in [0.05, 0.1) is 18.0 Å². The molecule has 7 nitrogen and oxygen atoms in total. The van der Waals surface area contributed by atoms with Crippen LogP contribution in [0.25, 0.3) is 0 Å². The summed E-state index contributed by atoms with van der Waals surface area (Å²) in [5.41, 5.74) is 5.34. The molecule has 9 heteroatoms. The van der Waals surface area contributed by atoms with E-state index in [-0.39, 0.29) is 6.03 Å². The van der Waals surface area contributed by atoms with Crippen LogP contribution in [0.2, 0.25) is 0 Å². The number of nitrogens with one attached hydrogen (secondary N) is 2. The Balaban J connectivity index is 0.00000132. The van der Waals surface area contributed by atoms with E-state index in [0.29, 0.717) is 17.3 Å². The number of aromatic nitrogens is 2. The van der Waals surface area contributed by atoms with E-state index in [0.717, 1.165) is 59.8 Å². The van der Waals surface area contributed by atoms with Crippen molar-refractivity contribution in [2.75, 3.05) is 12.4 Å². The van der Waals surface area contributed by atoms with Gasteiger partial charge in [-0.25, -0.2) is 9.78 Å². The number of fused-ring (bicyclic) bond motifs is 2. The Bertz CT molecular complexity index is 906. The number of ether oxygens (including phenoxy) is 1. The third-order valence-electron chi connectivity index (χ3n) is 5.19. The predicted molar refractivity (Wildman–Crippen MR) is 126 cm³/mol. The molecule has 2 heterocycles. The van der Waals surface area contributed by atoms with Crippen LogP contribution < -0.4 is 10.0 Å². The maximum atomic E-state index is 12.7. The van der Waals surface area contributed by atoms with E-state index in [1.54, 1.807) is 21.0 Å². The zero-order chi connectivity index (χ0) is 22.6.